The average molecular weight is 395 g/mol. The van der Waals surface area contributed by atoms with Crippen molar-refractivity contribution in [3.8, 4) is 6.07 Å². The Kier molecular flexibility index (Phi) is 6.47. The molecule has 0 saturated carbocycles. The topological polar surface area (TPSA) is 123 Å². The highest BCUT2D eigenvalue weighted by molar-refractivity contribution is 6.76. The molecule has 0 amide bonds. The molecule has 0 aliphatic carbocycles. The van der Waals surface area contributed by atoms with Crippen LogP contribution < -0.4 is 11.4 Å². The fraction of sp³-hybridized carbons (Fsp3) is 0.722. The van der Waals surface area contributed by atoms with E-state index in [0.717, 1.165) is 12.1 Å². The number of anilines is 1. The van der Waals surface area contributed by atoms with Crippen molar-refractivity contribution in [2.45, 2.75) is 70.2 Å². The maximum atomic E-state index is 12.1. The molecule has 4 atom stereocenters. The summed E-state index contributed by atoms with van der Waals surface area (Å²) >= 11 is 0. The summed E-state index contributed by atoms with van der Waals surface area (Å²) in [6.07, 6.45) is -1.23. The monoisotopic (exact) mass is 394 g/mol. The Morgan fingerprint density at radius 3 is 2.56 bits per heavy atom. The molecule has 9 heteroatoms. The van der Waals surface area contributed by atoms with E-state index in [-0.39, 0.29) is 17.5 Å². The van der Waals surface area contributed by atoms with Crippen molar-refractivity contribution in [1.82, 2.24) is 9.55 Å². The van der Waals surface area contributed by atoms with Gasteiger partial charge in [-0.1, -0.05) is 34.6 Å². The molecule has 1 aromatic heterocycles. The lowest BCUT2D eigenvalue weighted by atomic mass is 10.0. The molecule has 1 aliphatic rings. The summed E-state index contributed by atoms with van der Waals surface area (Å²) < 4.78 is 13.5. The van der Waals surface area contributed by atoms with Crippen LogP contribution in [0.1, 0.15) is 40.8 Å². The zero-order valence-corrected chi connectivity index (χ0v) is 17.7. The Balaban J connectivity index is 2.22. The number of hydrogen-bond donors (Lipinski definition) is 2. The van der Waals surface area contributed by atoms with E-state index in [9.17, 15) is 15.2 Å². The first kappa shape index (κ1) is 21.6. The van der Waals surface area contributed by atoms with Crippen LogP contribution in [0.25, 0.3) is 0 Å². The molecule has 2 heterocycles. The number of nitrogens with zero attached hydrogens (tertiary/aromatic N) is 3. The number of nitrogens with two attached hydrogens (primary N) is 1. The molecule has 1 aromatic rings. The van der Waals surface area contributed by atoms with Gasteiger partial charge in [0.15, 0.2) is 14.5 Å². The summed E-state index contributed by atoms with van der Waals surface area (Å²) in [7, 11) is -2.07. The molecule has 0 unspecified atom stereocenters. The Morgan fingerprint density at radius 1 is 1.44 bits per heavy atom. The van der Waals surface area contributed by atoms with Crippen LogP contribution in [0.3, 0.4) is 0 Å². The second-order valence-electron chi connectivity index (χ2n) is 8.02. The van der Waals surface area contributed by atoms with E-state index in [1.165, 1.54) is 16.8 Å². The number of ether oxygens (including phenoxy) is 1. The van der Waals surface area contributed by atoms with Crippen molar-refractivity contribution < 1.29 is 14.3 Å². The highest BCUT2D eigenvalue weighted by Gasteiger charge is 2.48. The van der Waals surface area contributed by atoms with Gasteiger partial charge in [-0.3, -0.25) is 4.57 Å². The molecule has 0 radical (unpaired) electrons. The number of aliphatic hydroxyl groups is 1. The normalized spacial score (nSPS) is 26.1. The first-order chi connectivity index (χ1) is 12.6. The fourth-order valence-corrected chi connectivity index (χ4v) is 7.80. The maximum Gasteiger partial charge on any atom is 0.351 e. The van der Waals surface area contributed by atoms with Gasteiger partial charge in [-0.2, -0.15) is 10.2 Å². The lowest BCUT2D eigenvalue weighted by Gasteiger charge is -2.41. The van der Waals surface area contributed by atoms with E-state index in [0.29, 0.717) is 0 Å². The second-order valence-corrected chi connectivity index (χ2v) is 13.2. The molecule has 2 rings (SSSR count). The molecule has 0 spiro atoms. The molecule has 3 N–H and O–H groups in total. The summed E-state index contributed by atoms with van der Waals surface area (Å²) in [5.74, 6) is -0.800. The van der Waals surface area contributed by atoms with E-state index in [4.69, 9.17) is 14.9 Å². The van der Waals surface area contributed by atoms with Crippen LogP contribution in [-0.2, 0) is 9.16 Å². The molecule has 150 valence electrons. The summed E-state index contributed by atoms with van der Waals surface area (Å²) in [4.78, 5) is 15.8. The van der Waals surface area contributed by atoms with E-state index >= 15 is 0 Å². The van der Waals surface area contributed by atoms with Crippen molar-refractivity contribution in [1.29, 1.82) is 5.26 Å². The Morgan fingerprint density at radius 2 is 2.07 bits per heavy atom. The van der Waals surface area contributed by atoms with Gasteiger partial charge in [0.1, 0.15) is 23.9 Å². The molecule has 1 fully saturated rings. The Hall–Kier alpha value is -1.73. The number of nitriles is 1. The first-order valence-corrected chi connectivity index (χ1v) is 11.6. The number of aliphatic hydroxyl groups excluding tert-OH is 1. The van der Waals surface area contributed by atoms with Crippen molar-refractivity contribution >= 4 is 14.1 Å². The summed E-state index contributed by atoms with van der Waals surface area (Å²) in [6, 6.07) is 5.40. The zero-order valence-electron chi connectivity index (χ0n) is 16.7. The predicted molar refractivity (Wildman–Crippen MR) is 104 cm³/mol. The molecule has 0 bridgehead atoms. The number of nitrogen functional groups attached to an aromatic ring is 1. The Bertz CT molecular complexity index is 751. The lowest BCUT2D eigenvalue weighted by Crippen LogP contribution is -2.48. The molecule has 0 aromatic carbocycles. The molecular weight excluding hydrogens is 364 g/mol. The van der Waals surface area contributed by atoms with Crippen LogP contribution in [0, 0.1) is 17.2 Å². The van der Waals surface area contributed by atoms with Gasteiger partial charge in [0, 0.05) is 6.20 Å². The summed E-state index contributed by atoms with van der Waals surface area (Å²) in [6.45, 7) is 11.0. The van der Waals surface area contributed by atoms with Crippen LogP contribution in [0.15, 0.2) is 17.1 Å². The molecule has 1 saturated heterocycles. The van der Waals surface area contributed by atoms with Gasteiger partial charge in [0.05, 0.1) is 12.7 Å². The second kappa shape index (κ2) is 8.10. The quantitative estimate of drug-likeness (QED) is 0.707. The SMILES string of the molecule is CC[Si](CC)(OC[C@H]1O[C@@H](n2ccc(N)nc2=O)[C@@H](C#N)[C@@H]1O)C(C)(C)C. The van der Waals surface area contributed by atoms with Gasteiger partial charge < -0.3 is 20.0 Å². The minimum Gasteiger partial charge on any atom is -0.414 e. The fourth-order valence-electron chi connectivity index (χ4n) is 3.85. The third-order valence-corrected chi connectivity index (χ3v) is 11.4. The van der Waals surface area contributed by atoms with Gasteiger partial charge in [-0.15, -0.1) is 0 Å². The molecular formula is C18H30N4O4Si. The minimum atomic E-state index is -2.07. The largest absolute Gasteiger partial charge is 0.414 e. The summed E-state index contributed by atoms with van der Waals surface area (Å²) in [5, 5.41) is 20.1. The molecule has 27 heavy (non-hydrogen) atoms. The van der Waals surface area contributed by atoms with Gasteiger partial charge in [-0.05, 0) is 23.2 Å². The summed E-state index contributed by atoms with van der Waals surface area (Å²) in [5.41, 5.74) is 4.90. The smallest absolute Gasteiger partial charge is 0.351 e. The predicted octanol–water partition coefficient (Wildman–Crippen LogP) is 2.03. The van der Waals surface area contributed by atoms with Crippen LogP contribution in [0.5, 0.6) is 0 Å². The third kappa shape index (κ3) is 4.09. The van der Waals surface area contributed by atoms with Gasteiger partial charge in [-0.25, -0.2) is 4.79 Å². The van der Waals surface area contributed by atoms with Crippen molar-refractivity contribution in [2.24, 2.45) is 5.92 Å². The average Bonchev–Trinajstić information content (AvgIpc) is 2.90. The first-order valence-electron chi connectivity index (χ1n) is 9.32. The highest BCUT2D eigenvalue weighted by Crippen LogP contribution is 2.43. The number of hydrogen-bond acceptors (Lipinski definition) is 7. The highest BCUT2D eigenvalue weighted by atomic mass is 28.4. The van der Waals surface area contributed by atoms with Crippen molar-refractivity contribution in [2.75, 3.05) is 12.3 Å². The van der Waals surface area contributed by atoms with Crippen LogP contribution >= 0.6 is 0 Å². The van der Waals surface area contributed by atoms with E-state index < -0.39 is 38.4 Å². The van der Waals surface area contributed by atoms with Crippen LogP contribution in [0.2, 0.25) is 17.1 Å². The third-order valence-electron chi connectivity index (χ3n) is 5.68. The van der Waals surface area contributed by atoms with Gasteiger partial charge >= 0.3 is 5.69 Å². The van der Waals surface area contributed by atoms with Gasteiger partial charge in [0.25, 0.3) is 0 Å². The van der Waals surface area contributed by atoms with E-state index in [1.807, 2.05) is 0 Å². The van der Waals surface area contributed by atoms with Gasteiger partial charge in [0.2, 0.25) is 0 Å². The van der Waals surface area contributed by atoms with Crippen molar-refractivity contribution in [3.63, 3.8) is 0 Å². The maximum absolute atomic E-state index is 12.1. The number of aromatic nitrogens is 2. The number of rotatable bonds is 6. The van der Waals surface area contributed by atoms with Crippen molar-refractivity contribution in [3.05, 3.63) is 22.7 Å². The van der Waals surface area contributed by atoms with E-state index in [2.05, 4.69) is 45.7 Å². The minimum absolute atomic E-state index is 0.0336. The zero-order chi connectivity index (χ0) is 20.4. The molecule has 1 aliphatic heterocycles. The van der Waals surface area contributed by atoms with E-state index in [1.54, 1.807) is 0 Å². The Labute approximate surface area is 161 Å². The standard InChI is InChI=1S/C18H30N4O4Si/c1-6-27(7-2,18(3,4)5)25-11-13-15(23)12(10-19)16(26-13)22-9-8-14(20)21-17(22)24/h8-9,12-13,15-16,23H,6-7,11H2,1-5H3,(H2,20,21,24)/t12-,13+,15-,16+/m0/s1. The van der Waals surface area contributed by atoms with Crippen LogP contribution in [-0.4, -0.2) is 41.8 Å². The lowest BCUT2D eigenvalue weighted by molar-refractivity contribution is -0.0448. The molecule has 8 nitrogen and oxygen atoms in total. The van der Waals surface area contributed by atoms with Crippen LogP contribution in [0.4, 0.5) is 5.82 Å².